The van der Waals surface area contributed by atoms with Crippen molar-refractivity contribution in [1.29, 1.82) is 0 Å². The number of hydrogen-bond donors (Lipinski definition) is 1. The molecule has 2 saturated heterocycles. The molecule has 2 amide bonds. The van der Waals surface area contributed by atoms with E-state index < -0.39 is 6.04 Å². The van der Waals surface area contributed by atoms with Gasteiger partial charge in [-0.05, 0) is 13.1 Å². The lowest BCUT2D eigenvalue weighted by molar-refractivity contribution is -0.140. The van der Waals surface area contributed by atoms with E-state index in [1.165, 1.54) is 0 Å². The standard InChI is InChI=1S/C20H30N4O4/c1-22-8-10-23(11-9-22)19(25)13-17-20(26)21-6-7-24(17)14-15-4-5-16(27-2)12-18(15)28-3/h4-5,12,17H,6-11,13-14H2,1-3H3,(H,21,26)/t17-/m1/s1. The summed E-state index contributed by atoms with van der Waals surface area (Å²) < 4.78 is 10.7. The third-order valence-corrected chi connectivity index (χ3v) is 5.53. The van der Waals surface area contributed by atoms with E-state index in [2.05, 4.69) is 22.2 Å². The van der Waals surface area contributed by atoms with Crippen LogP contribution in [0.5, 0.6) is 11.5 Å². The van der Waals surface area contributed by atoms with Gasteiger partial charge in [-0.1, -0.05) is 6.07 Å². The van der Waals surface area contributed by atoms with E-state index in [9.17, 15) is 9.59 Å². The lowest BCUT2D eigenvalue weighted by Crippen LogP contribution is -2.57. The molecule has 2 heterocycles. The third kappa shape index (κ3) is 4.74. The smallest absolute Gasteiger partial charge is 0.237 e. The topological polar surface area (TPSA) is 74.4 Å². The van der Waals surface area contributed by atoms with Gasteiger partial charge in [-0.15, -0.1) is 0 Å². The van der Waals surface area contributed by atoms with Crippen LogP contribution in [-0.4, -0.2) is 93.1 Å². The summed E-state index contributed by atoms with van der Waals surface area (Å²) in [5.74, 6) is 1.40. The Morgan fingerprint density at radius 1 is 1.14 bits per heavy atom. The molecule has 3 rings (SSSR count). The molecule has 1 N–H and O–H groups in total. The Hall–Kier alpha value is -2.32. The number of ether oxygens (including phenoxy) is 2. The number of piperazine rings is 2. The first-order chi connectivity index (χ1) is 13.5. The number of benzene rings is 1. The lowest BCUT2D eigenvalue weighted by Gasteiger charge is -2.37. The second-order valence-electron chi connectivity index (χ2n) is 7.34. The van der Waals surface area contributed by atoms with Crippen molar-refractivity contribution < 1.29 is 19.1 Å². The Balaban J connectivity index is 1.70. The molecule has 8 heteroatoms. The monoisotopic (exact) mass is 390 g/mol. The first-order valence-electron chi connectivity index (χ1n) is 9.70. The van der Waals surface area contributed by atoms with Gasteiger partial charge in [0, 0.05) is 57.4 Å². The second-order valence-corrected chi connectivity index (χ2v) is 7.34. The minimum absolute atomic E-state index is 0.0434. The molecule has 1 atom stereocenters. The summed E-state index contributed by atoms with van der Waals surface area (Å²) in [5, 5.41) is 2.90. The fourth-order valence-corrected chi connectivity index (χ4v) is 3.72. The van der Waals surface area contributed by atoms with Crippen LogP contribution in [0.3, 0.4) is 0 Å². The summed E-state index contributed by atoms with van der Waals surface area (Å²) in [5.41, 5.74) is 0.968. The SMILES string of the molecule is COc1ccc(CN2CCNC(=O)[C@H]2CC(=O)N2CCN(C)CC2)c(OC)c1. The van der Waals surface area contributed by atoms with Gasteiger partial charge < -0.3 is 24.6 Å². The van der Waals surface area contributed by atoms with Crippen LogP contribution in [0.4, 0.5) is 0 Å². The molecule has 0 radical (unpaired) electrons. The lowest BCUT2D eigenvalue weighted by atomic mass is 10.1. The first-order valence-corrected chi connectivity index (χ1v) is 9.70. The van der Waals surface area contributed by atoms with Crippen molar-refractivity contribution >= 4 is 11.8 Å². The molecule has 0 unspecified atom stereocenters. The number of hydrogen-bond acceptors (Lipinski definition) is 6. The van der Waals surface area contributed by atoms with Crippen molar-refractivity contribution in [2.24, 2.45) is 0 Å². The molecule has 0 aliphatic carbocycles. The summed E-state index contributed by atoms with van der Waals surface area (Å²) in [7, 11) is 5.29. The summed E-state index contributed by atoms with van der Waals surface area (Å²) in [6.45, 7) is 5.00. The van der Waals surface area contributed by atoms with Crippen LogP contribution in [0.25, 0.3) is 0 Å². The molecule has 2 fully saturated rings. The van der Waals surface area contributed by atoms with Crippen LogP contribution in [0.2, 0.25) is 0 Å². The maximum atomic E-state index is 12.8. The molecule has 28 heavy (non-hydrogen) atoms. The Morgan fingerprint density at radius 2 is 1.89 bits per heavy atom. The highest BCUT2D eigenvalue weighted by Crippen LogP contribution is 2.27. The van der Waals surface area contributed by atoms with Crippen molar-refractivity contribution in [3.05, 3.63) is 23.8 Å². The Morgan fingerprint density at radius 3 is 2.57 bits per heavy atom. The zero-order valence-corrected chi connectivity index (χ0v) is 16.9. The quantitative estimate of drug-likeness (QED) is 0.746. The van der Waals surface area contributed by atoms with Gasteiger partial charge in [-0.2, -0.15) is 0 Å². The van der Waals surface area contributed by atoms with Gasteiger partial charge in [0.15, 0.2) is 0 Å². The number of likely N-dealkylation sites (N-methyl/N-ethyl adjacent to an activating group) is 1. The van der Waals surface area contributed by atoms with Crippen LogP contribution in [0, 0.1) is 0 Å². The summed E-state index contributed by atoms with van der Waals surface area (Å²) in [4.78, 5) is 31.5. The first kappa shape index (κ1) is 20.4. The number of carbonyl (C=O) groups is 2. The average Bonchev–Trinajstić information content (AvgIpc) is 2.71. The number of carbonyl (C=O) groups excluding carboxylic acids is 2. The number of rotatable bonds is 6. The normalized spacial score (nSPS) is 21.3. The number of nitrogens with one attached hydrogen (secondary N) is 1. The van der Waals surface area contributed by atoms with Crippen molar-refractivity contribution in [3.63, 3.8) is 0 Å². The summed E-state index contributed by atoms with van der Waals surface area (Å²) in [6, 6.07) is 5.20. The van der Waals surface area contributed by atoms with Crippen LogP contribution in [0.15, 0.2) is 18.2 Å². The molecule has 0 spiro atoms. The number of nitrogens with zero attached hydrogens (tertiary/aromatic N) is 3. The predicted molar refractivity (Wildman–Crippen MR) is 105 cm³/mol. The number of amides is 2. The maximum Gasteiger partial charge on any atom is 0.237 e. The van der Waals surface area contributed by atoms with E-state index in [1.54, 1.807) is 14.2 Å². The Bertz CT molecular complexity index is 703. The molecule has 0 saturated carbocycles. The van der Waals surface area contributed by atoms with E-state index in [1.807, 2.05) is 23.1 Å². The molecule has 154 valence electrons. The van der Waals surface area contributed by atoms with E-state index in [-0.39, 0.29) is 18.2 Å². The van der Waals surface area contributed by atoms with Crippen LogP contribution < -0.4 is 14.8 Å². The molecule has 8 nitrogen and oxygen atoms in total. The van der Waals surface area contributed by atoms with E-state index in [0.29, 0.717) is 19.6 Å². The summed E-state index contributed by atoms with van der Waals surface area (Å²) >= 11 is 0. The van der Waals surface area contributed by atoms with Crippen molar-refractivity contribution in [2.75, 3.05) is 60.5 Å². The average molecular weight is 390 g/mol. The van der Waals surface area contributed by atoms with Gasteiger partial charge >= 0.3 is 0 Å². The van der Waals surface area contributed by atoms with Crippen LogP contribution in [-0.2, 0) is 16.1 Å². The number of methoxy groups -OCH3 is 2. The highest BCUT2D eigenvalue weighted by molar-refractivity contribution is 5.88. The van der Waals surface area contributed by atoms with E-state index >= 15 is 0 Å². The Kier molecular flexibility index (Phi) is 6.74. The highest BCUT2D eigenvalue weighted by atomic mass is 16.5. The zero-order valence-electron chi connectivity index (χ0n) is 16.9. The molecule has 1 aromatic carbocycles. The molecule has 2 aliphatic rings. The molecule has 1 aromatic rings. The molecule has 0 bridgehead atoms. The van der Waals surface area contributed by atoms with E-state index in [0.717, 1.165) is 43.2 Å². The minimum atomic E-state index is -0.465. The van der Waals surface area contributed by atoms with Crippen molar-refractivity contribution in [2.45, 2.75) is 19.0 Å². The molecule has 0 aromatic heterocycles. The van der Waals surface area contributed by atoms with Gasteiger partial charge in [0.2, 0.25) is 11.8 Å². The largest absolute Gasteiger partial charge is 0.497 e. The van der Waals surface area contributed by atoms with Gasteiger partial charge in [-0.25, -0.2) is 0 Å². The van der Waals surface area contributed by atoms with Gasteiger partial charge in [0.05, 0.1) is 26.7 Å². The molecule has 2 aliphatic heterocycles. The van der Waals surface area contributed by atoms with Gasteiger partial charge in [0.1, 0.15) is 11.5 Å². The zero-order chi connectivity index (χ0) is 20.1. The minimum Gasteiger partial charge on any atom is -0.497 e. The maximum absolute atomic E-state index is 12.8. The molecular weight excluding hydrogens is 360 g/mol. The van der Waals surface area contributed by atoms with Crippen molar-refractivity contribution in [3.8, 4) is 11.5 Å². The van der Waals surface area contributed by atoms with Crippen LogP contribution in [0.1, 0.15) is 12.0 Å². The third-order valence-electron chi connectivity index (χ3n) is 5.53. The Labute approximate surface area is 166 Å². The second kappa shape index (κ2) is 9.25. The van der Waals surface area contributed by atoms with Gasteiger partial charge in [-0.3, -0.25) is 14.5 Å². The van der Waals surface area contributed by atoms with Gasteiger partial charge in [0.25, 0.3) is 0 Å². The fraction of sp³-hybridized carbons (Fsp3) is 0.600. The fourth-order valence-electron chi connectivity index (χ4n) is 3.72. The summed E-state index contributed by atoms with van der Waals surface area (Å²) in [6.07, 6.45) is 0.202. The van der Waals surface area contributed by atoms with E-state index in [4.69, 9.17) is 9.47 Å². The molecular formula is C20H30N4O4. The van der Waals surface area contributed by atoms with Crippen molar-refractivity contribution in [1.82, 2.24) is 20.0 Å². The predicted octanol–water partition coefficient (Wildman–Crippen LogP) is 0.168. The van der Waals surface area contributed by atoms with Crippen LogP contribution >= 0.6 is 0 Å². The highest BCUT2D eigenvalue weighted by Gasteiger charge is 2.33.